The summed E-state index contributed by atoms with van der Waals surface area (Å²) >= 11 is 0. The number of hydrogen-bond acceptors (Lipinski definition) is 3. The largest absolute Gasteiger partial charge is 0.481 e. The molecule has 1 aliphatic heterocycles. The van der Waals surface area contributed by atoms with E-state index in [1.165, 1.54) is 0 Å². The summed E-state index contributed by atoms with van der Waals surface area (Å²) in [6, 6.07) is 0.0975. The second-order valence-corrected chi connectivity index (χ2v) is 4.97. The predicted octanol–water partition coefficient (Wildman–Crippen LogP) is 0.552. The molecular weight excluding hydrogens is 194 g/mol. The van der Waals surface area contributed by atoms with Crippen molar-refractivity contribution in [3.05, 3.63) is 0 Å². The van der Waals surface area contributed by atoms with Crippen molar-refractivity contribution in [3.63, 3.8) is 0 Å². The Morgan fingerprint density at radius 3 is 2.80 bits per heavy atom. The van der Waals surface area contributed by atoms with Crippen LogP contribution < -0.4 is 0 Å². The summed E-state index contributed by atoms with van der Waals surface area (Å²) in [6.45, 7) is 3.80. The van der Waals surface area contributed by atoms with Gasteiger partial charge in [0.15, 0.2) is 0 Å². The molecule has 4 atom stereocenters. The molecule has 2 fully saturated rings. The number of hydrogen-bond donors (Lipinski definition) is 2. The summed E-state index contributed by atoms with van der Waals surface area (Å²) in [7, 11) is 0. The highest BCUT2D eigenvalue weighted by molar-refractivity contribution is 5.67. The summed E-state index contributed by atoms with van der Waals surface area (Å²) in [5.41, 5.74) is 0. The molecule has 0 radical (unpaired) electrons. The molecule has 0 bridgehead atoms. The third-order valence-electron chi connectivity index (χ3n) is 3.94. The lowest BCUT2D eigenvalue weighted by Crippen LogP contribution is -2.34. The predicted molar refractivity (Wildman–Crippen MR) is 55.5 cm³/mol. The Kier molecular flexibility index (Phi) is 2.98. The van der Waals surface area contributed by atoms with Crippen LogP contribution in [0.5, 0.6) is 0 Å². The van der Waals surface area contributed by atoms with E-state index in [0.29, 0.717) is 11.8 Å². The first kappa shape index (κ1) is 10.9. The smallest absolute Gasteiger partial charge is 0.304 e. The number of likely N-dealkylation sites (tertiary alicyclic amines) is 1. The van der Waals surface area contributed by atoms with Gasteiger partial charge in [-0.3, -0.25) is 9.69 Å². The highest BCUT2D eigenvalue weighted by Gasteiger charge is 2.42. The number of rotatable bonds is 3. The first-order valence-electron chi connectivity index (χ1n) is 5.72. The Morgan fingerprint density at radius 1 is 1.47 bits per heavy atom. The van der Waals surface area contributed by atoms with Gasteiger partial charge in [-0.25, -0.2) is 0 Å². The van der Waals surface area contributed by atoms with Crippen LogP contribution in [0.25, 0.3) is 0 Å². The number of carboxylic acids is 1. The quantitative estimate of drug-likeness (QED) is 0.719. The lowest BCUT2D eigenvalue weighted by atomic mass is 10.00. The highest BCUT2D eigenvalue weighted by atomic mass is 16.4. The molecule has 0 spiro atoms. The molecule has 0 aromatic carbocycles. The van der Waals surface area contributed by atoms with Crippen LogP contribution in [-0.4, -0.2) is 46.3 Å². The monoisotopic (exact) mass is 213 g/mol. The number of aliphatic hydroxyl groups excluding tert-OH is 1. The van der Waals surface area contributed by atoms with Crippen LogP contribution in [0.2, 0.25) is 0 Å². The SMILES string of the molecule is CC(CC(=O)O)N1CC2CCC(O)C2C1. The van der Waals surface area contributed by atoms with Crippen LogP contribution in [0.15, 0.2) is 0 Å². The summed E-state index contributed by atoms with van der Waals surface area (Å²) in [5, 5.41) is 18.5. The second-order valence-electron chi connectivity index (χ2n) is 4.97. The molecule has 2 rings (SSSR count). The summed E-state index contributed by atoms with van der Waals surface area (Å²) in [5.74, 6) is 0.248. The average molecular weight is 213 g/mol. The minimum atomic E-state index is -0.736. The Bertz CT molecular complexity index is 256. The second kappa shape index (κ2) is 4.10. The van der Waals surface area contributed by atoms with Gasteiger partial charge in [-0.05, 0) is 25.7 Å². The number of carboxylic acid groups (broad SMARTS) is 1. The fraction of sp³-hybridized carbons (Fsp3) is 0.909. The summed E-state index contributed by atoms with van der Waals surface area (Å²) in [6.07, 6.45) is 2.07. The minimum Gasteiger partial charge on any atom is -0.481 e. The Labute approximate surface area is 89.9 Å². The Morgan fingerprint density at radius 2 is 2.20 bits per heavy atom. The Balaban J connectivity index is 1.90. The van der Waals surface area contributed by atoms with E-state index in [1.807, 2.05) is 6.92 Å². The molecular formula is C11H19NO3. The van der Waals surface area contributed by atoms with Gasteiger partial charge in [0.2, 0.25) is 0 Å². The van der Waals surface area contributed by atoms with Crippen molar-refractivity contribution in [3.8, 4) is 0 Å². The fourth-order valence-electron chi connectivity index (χ4n) is 3.01. The van der Waals surface area contributed by atoms with Crippen molar-refractivity contribution in [2.75, 3.05) is 13.1 Å². The van der Waals surface area contributed by atoms with E-state index in [-0.39, 0.29) is 18.6 Å². The van der Waals surface area contributed by atoms with E-state index in [2.05, 4.69) is 4.90 Å². The van der Waals surface area contributed by atoms with E-state index < -0.39 is 5.97 Å². The topological polar surface area (TPSA) is 60.8 Å². The first-order chi connectivity index (χ1) is 7.08. The zero-order chi connectivity index (χ0) is 11.0. The molecule has 1 saturated heterocycles. The maximum absolute atomic E-state index is 10.6. The molecule has 1 saturated carbocycles. The molecule has 2 aliphatic rings. The summed E-state index contributed by atoms with van der Waals surface area (Å²) < 4.78 is 0. The van der Waals surface area contributed by atoms with Gasteiger partial charge in [-0.2, -0.15) is 0 Å². The van der Waals surface area contributed by atoms with Crippen molar-refractivity contribution in [2.24, 2.45) is 11.8 Å². The molecule has 4 nitrogen and oxygen atoms in total. The van der Waals surface area contributed by atoms with Crippen LogP contribution >= 0.6 is 0 Å². The fourth-order valence-corrected chi connectivity index (χ4v) is 3.01. The molecule has 0 amide bonds. The van der Waals surface area contributed by atoms with Crippen molar-refractivity contribution >= 4 is 5.97 Å². The molecule has 1 heterocycles. The van der Waals surface area contributed by atoms with Gasteiger partial charge in [0.05, 0.1) is 12.5 Å². The van der Waals surface area contributed by atoms with Gasteiger partial charge in [0.1, 0.15) is 0 Å². The Hall–Kier alpha value is -0.610. The zero-order valence-corrected chi connectivity index (χ0v) is 9.09. The van der Waals surface area contributed by atoms with Gasteiger partial charge in [0, 0.05) is 25.0 Å². The third-order valence-corrected chi connectivity index (χ3v) is 3.94. The van der Waals surface area contributed by atoms with E-state index in [0.717, 1.165) is 25.9 Å². The van der Waals surface area contributed by atoms with E-state index in [9.17, 15) is 9.90 Å². The summed E-state index contributed by atoms with van der Waals surface area (Å²) in [4.78, 5) is 12.8. The number of fused-ring (bicyclic) bond motifs is 1. The number of nitrogens with zero attached hydrogens (tertiary/aromatic N) is 1. The normalized spacial score (nSPS) is 37.9. The van der Waals surface area contributed by atoms with Gasteiger partial charge in [-0.15, -0.1) is 0 Å². The van der Waals surface area contributed by atoms with Gasteiger partial charge < -0.3 is 10.2 Å². The van der Waals surface area contributed by atoms with Crippen molar-refractivity contribution in [1.82, 2.24) is 4.90 Å². The molecule has 15 heavy (non-hydrogen) atoms. The third kappa shape index (κ3) is 2.16. The van der Waals surface area contributed by atoms with Crippen LogP contribution in [0.4, 0.5) is 0 Å². The molecule has 2 N–H and O–H groups in total. The van der Waals surface area contributed by atoms with Crippen molar-refractivity contribution in [1.29, 1.82) is 0 Å². The molecule has 4 unspecified atom stereocenters. The van der Waals surface area contributed by atoms with Crippen LogP contribution in [-0.2, 0) is 4.79 Å². The maximum Gasteiger partial charge on any atom is 0.304 e. The lowest BCUT2D eigenvalue weighted by Gasteiger charge is -2.24. The van der Waals surface area contributed by atoms with Crippen LogP contribution in [0.3, 0.4) is 0 Å². The van der Waals surface area contributed by atoms with E-state index >= 15 is 0 Å². The van der Waals surface area contributed by atoms with Crippen molar-refractivity contribution in [2.45, 2.75) is 38.3 Å². The van der Waals surface area contributed by atoms with Crippen molar-refractivity contribution < 1.29 is 15.0 Å². The molecule has 4 heteroatoms. The zero-order valence-electron chi connectivity index (χ0n) is 9.09. The molecule has 0 aromatic rings. The van der Waals surface area contributed by atoms with E-state index in [1.54, 1.807) is 0 Å². The highest BCUT2D eigenvalue weighted by Crippen LogP contribution is 2.38. The average Bonchev–Trinajstić information content (AvgIpc) is 2.67. The number of carbonyl (C=O) groups is 1. The van der Waals surface area contributed by atoms with E-state index in [4.69, 9.17) is 5.11 Å². The maximum atomic E-state index is 10.6. The minimum absolute atomic E-state index is 0.0975. The lowest BCUT2D eigenvalue weighted by molar-refractivity contribution is -0.138. The van der Waals surface area contributed by atoms with Crippen LogP contribution in [0, 0.1) is 11.8 Å². The molecule has 86 valence electrons. The van der Waals surface area contributed by atoms with Gasteiger partial charge in [-0.1, -0.05) is 0 Å². The van der Waals surface area contributed by atoms with Gasteiger partial charge >= 0.3 is 5.97 Å². The van der Waals surface area contributed by atoms with Gasteiger partial charge in [0.25, 0.3) is 0 Å². The number of aliphatic carboxylic acids is 1. The molecule has 1 aliphatic carbocycles. The van der Waals surface area contributed by atoms with Crippen LogP contribution in [0.1, 0.15) is 26.2 Å². The number of aliphatic hydroxyl groups is 1. The molecule has 0 aromatic heterocycles. The standard InChI is InChI=1S/C11H19NO3/c1-7(4-11(14)15)12-5-8-2-3-10(13)9(8)6-12/h7-10,13H,2-6H2,1H3,(H,14,15). The first-order valence-corrected chi connectivity index (χ1v) is 5.72.